The van der Waals surface area contributed by atoms with E-state index >= 15 is 0 Å². The Hall–Kier alpha value is -2.93. The normalized spacial score (nSPS) is 14.4. The average molecular weight is 415 g/mol. The SMILES string of the molecule is C.CC.COC(=O)c1cc2cc(NC(=S)C3=CC(C)(C)C=CC(N)=C3)cnc2[nH]1. The van der Waals surface area contributed by atoms with Crippen LogP contribution in [0, 0.1) is 5.41 Å². The monoisotopic (exact) mass is 414 g/mol. The Morgan fingerprint density at radius 3 is 2.66 bits per heavy atom. The molecule has 0 aromatic carbocycles. The topological polar surface area (TPSA) is 93.0 Å². The highest BCUT2D eigenvalue weighted by Gasteiger charge is 2.17. The quantitative estimate of drug-likeness (QED) is 0.477. The van der Waals surface area contributed by atoms with Crippen molar-refractivity contribution in [3.05, 3.63) is 59.6 Å². The molecule has 0 radical (unpaired) electrons. The molecule has 156 valence electrons. The van der Waals surface area contributed by atoms with Crippen molar-refractivity contribution in [2.45, 2.75) is 35.1 Å². The fourth-order valence-corrected chi connectivity index (χ4v) is 2.90. The molecule has 29 heavy (non-hydrogen) atoms. The summed E-state index contributed by atoms with van der Waals surface area (Å²) in [5.41, 5.74) is 8.99. The number of anilines is 1. The number of aromatic nitrogens is 2. The second-order valence-electron chi connectivity index (χ2n) is 6.69. The third-order valence-corrected chi connectivity index (χ3v) is 4.29. The first-order valence-corrected chi connectivity index (χ1v) is 9.46. The zero-order valence-electron chi connectivity index (χ0n) is 16.8. The number of pyridine rings is 1. The molecular formula is C22H30N4O2S. The zero-order chi connectivity index (χ0) is 20.9. The summed E-state index contributed by atoms with van der Waals surface area (Å²) in [5.74, 6) is -0.438. The Kier molecular flexibility index (Phi) is 8.33. The molecule has 2 heterocycles. The number of methoxy groups -OCH3 is 1. The van der Waals surface area contributed by atoms with E-state index in [0.29, 0.717) is 22.0 Å². The molecule has 0 unspecified atom stereocenters. The number of hydrogen-bond acceptors (Lipinski definition) is 5. The lowest BCUT2D eigenvalue weighted by atomic mass is 9.91. The van der Waals surface area contributed by atoms with E-state index in [-0.39, 0.29) is 12.8 Å². The third kappa shape index (κ3) is 6.02. The van der Waals surface area contributed by atoms with Gasteiger partial charge >= 0.3 is 5.97 Å². The molecular weight excluding hydrogens is 384 g/mol. The molecule has 7 heteroatoms. The maximum Gasteiger partial charge on any atom is 0.354 e. The van der Waals surface area contributed by atoms with Crippen molar-refractivity contribution in [2.75, 3.05) is 12.4 Å². The Bertz CT molecular complexity index is 984. The highest BCUT2D eigenvalue weighted by atomic mass is 32.1. The Morgan fingerprint density at radius 1 is 1.31 bits per heavy atom. The number of nitrogens with zero attached hydrogens (tertiary/aromatic N) is 1. The maximum atomic E-state index is 11.6. The van der Waals surface area contributed by atoms with E-state index in [1.807, 2.05) is 38.1 Å². The predicted molar refractivity (Wildman–Crippen MR) is 125 cm³/mol. The summed E-state index contributed by atoms with van der Waals surface area (Å²) < 4.78 is 4.72. The molecule has 2 aromatic heterocycles. The number of H-pyrrole nitrogens is 1. The minimum Gasteiger partial charge on any atom is -0.464 e. The number of hydrogen-bond donors (Lipinski definition) is 3. The van der Waals surface area contributed by atoms with Gasteiger partial charge in [0.2, 0.25) is 0 Å². The van der Waals surface area contributed by atoms with Gasteiger partial charge in [-0.15, -0.1) is 0 Å². The number of aromatic amines is 1. The Labute approximate surface area is 177 Å². The van der Waals surface area contributed by atoms with Crippen LogP contribution in [0.25, 0.3) is 11.0 Å². The summed E-state index contributed by atoms with van der Waals surface area (Å²) >= 11 is 5.54. The summed E-state index contributed by atoms with van der Waals surface area (Å²) in [5, 5.41) is 3.97. The van der Waals surface area contributed by atoms with Gasteiger partial charge in [-0.2, -0.15) is 0 Å². The van der Waals surface area contributed by atoms with Crippen molar-refractivity contribution in [1.29, 1.82) is 0 Å². The van der Waals surface area contributed by atoms with Gasteiger partial charge in [-0.05, 0) is 24.3 Å². The highest BCUT2D eigenvalue weighted by Crippen LogP contribution is 2.26. The van der Waals surface area contributed by atoms with Crippen molar-refractivity contribution in [1.82, 2.24) is 9.97 Å². The van der Waals surface area contributed by atoms with Crippen molar-refractivity contribution in [2.24, 2.45) is 11.1 Å². The predicted octanol–water partition coefficient (Wildman–Crippen LogP) is 5.12. The molecule has 4 N–H and O–H groups in total. The lowest BCUT2D eigenvalue weighted by molar-refractivity contribution is 0.0595. The van der Waals surface area contributed by atoms with E-state index in [0.717, 1.165) is 16.6 Å². The van der Waals surface area contributed by atoms with E-state index in [1.54, 1.807) is 12.3 Å². The van der Waals surface area contributed by atoms with Crippen LogP contribution in [0.1, 0.15) is 45.6 Å². The number of fused-ring (bicyclic) bond motifs is 1. The van der Waals surface area contributed by atoms with Gasteiger partial charge in [-0.3, -0.25) is 0 Å². The molecule has 0 aliphatic heterocycles. The number of esters is 1. The van der Waals surface area contributed by atoms with Crippen LogP contribution < -0.4 is 11.1 Å². The van der Waals surface area contributed by atoms with Gasteiger partial charge in [0.05, 0.1) is 19.0 Å². The molecule has 0 fully saturated rings. The summed E-state index contributed by atoms with van der Waals surface area (Å²) in [6, 6.07) is 3.56. The lowest BCUT2D eigenvalue weighted by Gasteiger charge is -2.16. The number of carbonyl (C=O) groups is 1. The minimum absolute atomic E-state index is 0. The van der Waals surface area contributed by atoms with Crippen LogP contribution in [-0.2, 0) is 4.74 Å². The van der Waals surface area contributed by atoms with Gasteiger partial charge in [0.25, 0.3) is 0 Å². The number of allylic oxidation sites excluding steroid dienone is 3. The molecule has 2 aromatic rings. The molecule has 0 bridgehead atoms. The molecule has 0 amide bonds. The first-order chi connectivity index (χ1) is 13.3. The molecule has 1 aliphatic carbocycles. The third-order valence-electron chi connectivity index (χ3n) is 3.95. The number of rotatable bonds is 3. The van der Waals surface area contributed by atoms with Crippen molar-refractivity contribution >= 4 is 39.9 Å². The van der Waals surface area contributed by atoms with E-state index in [1.165, 1.54) is 7.11 Å². The summed E-state index contributed by atoms with van der Waals surface area (Å²) in [4.78, 5) is 19.4. The second-order valence-corrected chi connectivity index (χ2v) is 7.10. The molecule has 0 saturated heterocycles. The number of thiocarbonyl (C=S) groups is 1. The highest BCUT2D eigenvalue weighted by molar-refractivity contribution is 7.81. The van der Waals surface area contributed by atoms with Crippen LogP contribution in [0.5, 0.6) is 0 Å². The standard InChI is InChI=1S/C19H20N4O2S.C2H6.CH4/c1-19(2)5-4-13(20)6-12(9-19)17(26)22-14-7-11-8-15(18(24)25-3)23-16(11)21-10-14;1-2;/h4-10H,20H2,1-3H3,(H,21,23)(H,22,26);1-2H3;1H4. The number of nitrogens with two attached hydrogens (primary N) is 1. The maximum absolute atomic E-state index is 11.6. The second kappa shape index (κ2) is 10.0. The number of carbonyl (C=O) groups excluding carboxylic acids is 1. The summed E-state index contributed by atoms with van der Waals surface area (Å²) in [6.45, 7) is 8.17. The zero-order valence-corrected chi connectivity index (χ0v) is 17.6. The van der Waals surface area contributed by atoms with Gasteiger partial charge in [0, 0.05) is 22.1 Å². The van der Waals surface area contributed by atoms with E-state index in [9.17, 15) is 4.79 Å². The minimum atomic E-state index is -0.438. The van der Waals surface area contributed by atoms with E-state index in [2.05, 4.69) is 35.2 Å². The van der Waals surface area contributed by atoms with Crippen LogP contribution in [0.4, 0.5) is 5.69 Å². The van der Waals surface area contributed by atoms with Gasteiger partial charge in [0.1, 0.15) is 16.3 Å². The van der Waals surface area contributed by atoms with Crippen LogP contribution in [0.15, 0.2) is 53.9 Å². The molecule has 6 nitrogen and oxygen atoms in total. The number of ether oxygens (including phenoxy) is 1. The largest absolute Gasteiger partial charge is 0.464 e. The molecule has 3 rings (SSSR count). The van der Waals surface area contributed by atoms with Crippen LogP contribution >= 0.6 is 12.2 Å². The number of nitrogens with one attached hydrogen (secondary N) is 2. The van der Waals surface area contributed by atoms with Crippen molar-refractivity contribution in [3.8, 4) is 0 Å². The summed E-state index contributed by atoms with van der Waals surface area (Å²) in [7, 11) is 1.34. The van der Waals surface area contributed by atoms with Crippen LogP contribution in [0.2, 0.25) is 0 Å². The Balaban J connectivity index is 0.00000136. The van der Waals surface area contributed by atoms with Crippen molar-refractivity contribution < 1.29 is 9.53 Å². The van der Waals surface area contributed by atoms with Crippen molar-refractivity contribution in [3.63, 3.8) is 0 Å². The molecule has 0 atom stereocenters. The van der Waals surface area contributed by atoms with E-state index in [4.69, 9.17) is 22.7 Å². The first-order valence-electron chi connectivity index (χ1n) is 9.05. The van der Waals surface area contributed by atoms with Gasteiger partial charge in [-0.1, -0.05) is 59.5 Å². The average Bonchev–Trinajstić information content (AvgIpc) is 3.04. The van der Waals surface area contributed by atoms with Gasteiger partial charge < -0.3 is 20.8 Å². The van der Waals surface area contributed by atoms with E-state index < -0.39 is 5.97 Å². The van der Waals surface area contributed by atoms with Gasteiger partial charge in [-0.25, -0.2) is 9.78 Å². The smallest absolute Gasteiger partial charge is 0.354 e. The Morgan fingerprint density at radius 2 is 2.00 bits per heavy atom. The molecule has 0 saturated carbocycles. The summed E-state index contributed by atoms with van der Waals surface area (Å²) in [6.07, 6.45) is 9.48. The molecule has 0 spiro atoms. The fraction of sp³-hybridized carbons (Fsp3) is 0.318. The van der Waals surface area contributed by atoms with Crippen LogP contribution in [-0.4, -0.2) is 28.0 Å². The molecule has 1 aliphatic rings. The fourth-order valence-electron chi connectivity index (χ4n) is 2.67. The van der Waals surface area contributed by atoms with Crippen LogP contribution in [0.3, 0.4) is 0 Å². The van der Waals surface area contributed by atoms with Gasteiger partial charge in [0.15, 0.2) is 0 Å². The lowest BCUT2D eigenvalue weighted by Crippen LogP contribution is -2.14. The first kappa shape index (κ1) is 24.1.